The highest BCUT2D eigenvalue weighted by Crippen LogP contribution is 2.10. The highest BCUT2D eigenvalue weighted by molar-refractivity contribution is 5.94. The molecule has 0 fully saturated rings. The molecule has 1 unspecified atom stereocenters. The van der Waals surface area contributed by atoms with Gasteiger partial charge in [0.1, 0.15) is 0 Å². The van der Waals surface area contributed by atoms with Crippen molar-refractivity contribution in [3.05, 3.63) is 29.8 Å². The van der Waals surface area contributed by atoms with Crippen molar-refractivity contribution in [2.24, 2.45) is 0 Å². The van der Waals surface area contributed by atoms with E-state index in [9.17, 15) is 4.79 Å². The molecular formula is C11H15NO2. The number of hydrogen-bond acceptors (Lipinski definition) is 3. The van der Waals surface area contributed by atoms with Crippen molar-refractivity contribution in [1.82, 2.24) is 0 Å². The van der Waals surface area contributed by atoms with Gasteiger partial charge in [-0.15, -0.1) is 0 Å². The lowest BCUT2D eigenvalue weighted by atomic mass is 10.1. The van der Waals surface area contributed by atoms with E-state index in [0.717, 1.165) is 5.69 Å². The average Bonchev–Trinajstić information content (AvgIpc) is 2.18. The Balaban J connectivity index is 2.68. The molecule has 1 aromatic carbocycles. The first kappa shape index (κ1) is 10.7. The van der Waals surface area contributed by atoms with Gasteiger partial charge < -0.3 is 10.4 Å². The molecule has 0 aliphatic heterocycles. The van der Waals surface area contributed by atoms with Gasteiger partial charge in [0.25, 0.3) is 0 Å². The molecule has 0 aliphatic carbocycles. The number of aliphatic hydroxyl groups is 1. The lowest BCUT2D eigenvalue weighted by molar-refractivity contribution is 0.101. The molecule has 1 aromatic rings. The van der Waals surface area contributed by atoms with Crippen molar-refractivity contribution in [3.63, 3.8) is 0 Å². The molecule has 1 atom stereocenters. The maximum absolute atomic E-state index is 11.0. The molecular weight excluding hydrogens is 178 g/mol. The van der Waals surface area contributed by atoms with Crippen LogP contribution in [0.4, 0.5) is 5.69 Å². The topological polar surface area (TPSA) is 49.3 Å². The van der Waals surface area contributed by atoms with Gasteiger partial charge >= 0.3 is 0 Å². The molecule has 0 aromatic heterocycles. The molecule has 2 N–H and O–H groups in total. The Hall–Kier alpha value is -1.35. The van der Waals surface area contributed by atoms with Crippen LogP contribution in [0.1, 0.15) is 24.2 Å². The number of Topliss-reactive ketones (excluding diaryl/α,β-unsaturated/α-hetero) is 1. The lowest BCUT2D eigenvalue weighted by Gasteiger charge is -2.12. The van der Waals surface area contributed by atoms with Crippen LogP contribution in [-0.2, 0) is 0 Å². The first-order valence-electron chi connectivity index (χ1n) is 4.62. The van der Waals surface area contributed by atoms with E-state index in [1.807, 2.05) is 19.1 Å². The van der Waals surface area contributed by atoms with E-state index in [4.69, 9.17) is 5.11 Å². The molecule has 0 bridgehead atoms. The Morgan fingerprint density at radius 2 is 2.00 bits per heavy atom. The molecule has 3 heteroatoms. The minimum absolute atomic E-state index is 0.0261. The first-order chi connectivity index (χ1) is 6.63. The molecule has 0 aliphatic rings. The fourth-order valence-electron chi connectivity index (χ4n) is 1.13. The maximum atomic E-state index is 11.0. The maximum Gasteiger partial charge on any atom is 0.159 e. The van der Waals surface area contributed by atoms with E-state index in [-0.39, 0.29) is 18.4 Å². The van der Waals surface area contributed by atoms with Crippen LogP contribution in [0.3, 0.4) is 0 Å². The van der Waals surface area contributed by atoms with E-state index in [0.29, 0.717) is 5.56 Å². The molecule has 1 rings (SSSR count). The third-order valence-electron chi connectivity index (χ3n) is 1.98. The minimum atomic E-state index is 0.0261. The van der Waals surface area contributed by atoms with Gasteiger partial charge in [-0.1, -0.05) is 0 Å². The summed E-state index contributed by atoms with van der Waals surface area (Å²) in [5.74, 6) is 0.0618. The summed E-state index contributed by atoms with van der Waals surface area (Å²) < 4.78 is 0. The first-order valence-corrected chi connectivity index (χ1v) is 4.62. The van der Waals surface area contributed by atoms with Crippen molar-refractivity contribution in [2.45, 2.75) is 19.9 Å². The highest BCUT2D eigenvalue weighted by Gasteiger charge is 2.01. The van der Waals surface area contributed by atoms with E-state index in [2.05, 4.69) is 5.32 Å². The number of aliphatic hydroxyl groups excluding tert-OH is 1. The Kier molecular flexibility index (Phi) is 3.65. The van der Waals surface area contributed by atoms with Crippen LogP contribution in [0.2, 0.25) is 0 Å². The van der Waals surface area contributed by atoms with E-state index >= 15 is 0 Å². The summed E-state index contributed by atoms with van der Waals surface area (Å²) in [6.45, 7) is 3.52. The summed E-state index contributed by atoms with van der Waals surface area (Å²) >= 11 is 0. The van der Waals surface area contributed by atoms with E-state index in [1.165, 1.54) is 0 Å². The Morgan fingerprint density at radius 3 is 2.43 bits per heavy atom. The predicted octanol–water partition coefficient (Wildman–Crippen LogP) is 1.68. The lowest BCUT2D eigenvalue weighted by Crippen LogP contribution is -2.19. The Bertz CT molecular complexity index is 306. The van der Waals surface area contributed by atoms with Gasteiger partial charge in [0, 0.05) is 17.3 Å². The molecule has 0 saturated heterocycles. The third kappa shape index (κ3) is 2.85. The van der Waals surface area contributed by atoms with Crippen molar-refractivity contribution in [2.75, 3.05) is 11.9 Å². The number of benzene rings is 1. The summed E-state index contributed by atoms with van der Waals surface area (Å²) in [7, 11) is 0. The molecule has 3 nitrogen and oxygen atoms in total. The van der Waals surface area contributed by atoms with Gasteiger partial charge in [0.2, 0.25) is 0 Å². The van der Waals surface area contributed by atoms with Crippen molar-refractivity contribution < 1.29 is 9.90 Å². The second-order valence-corrected chi connectivity index (χ2v) is 3.36. The monoisotopic (exact) mass is 193 g/mol. The standard InChI is InChI=1S/C11H15NO2/c1-8(7-13)12-11-5-3-10(4-6-11)9(2)14/h3-6,8,12-13H,7H2,1-2H3. The van der Waals surface area contributed by atoms with Crippen molar-refractivity contribution in [1.29, 1.82) is 0 Å². The van der Waals surface area contributed by atoms with E-state index in [1.54, 1.807) is 19.1 Å². The van der Waals surface area contributed by atoms with Gasteiger partial charge in [-0.25, -0.2) is 0 Å². The van der Waals surface area contributed by atoms with Crippen LogP contribution in [0.5, 0.6) is 0 Å². The zero-order chi connectivity index (χ0) is 10.6. The third-order valence-corrected chi connectivity index (χ3v) is 1.98. The summed E-state index contributed by atoms with van der Waals surface area (Å²) in [5.41, 5.74) is 1.61. The Labute approximate surface area is 83.8 Å². The highest BCUT2D eigenvalue weighted by atomic mass is 16.3. The van der Waals surface area contributed by atoms with Crippen LogP contribution < -0.4 is 5.32 Å². The second-order valence-electron chi connectivity index (χ2n) is 3.36. The quantitative estimate of drug-likeness (QED) is 0.715. The zero-order valence-electron chi connectivity index (χ0n) is 8.45. The average molecular weight is 193 g/mol. The molecule has 76 valence electrons. The fraction of sp³-hybridized carbons (Fsp3) is 0.364. The van der Waals surface area contributed by atoms with E-state index < -0.39 is 0 Å². The molecule has 0 amide bonds. The van der Waals surface area contributed by atoms with Crippen LogP contribution in [0.15, 0.2) is 24.3 Å². The zero-order valence-corrected chi connectivity index (χ0v) is 8.45. The normalized spacial score (nSPS) is 12.2. The molecule has 14 heavy (non-hydrogen) atoms. The largest absolute Gasteiger partial charge is 0.394 e. The van der Waals surface area contributed by atoms with Crippen LogP contribution >= 0.6 is 0 Å². The van der Waals surface area contributed by atoms with Gasteiger partial charge in [-0.2, -0.15) is 0 Å². The van der Waals surface area contributed by atoms with Crippen LogP contribution in [-0.4, -0.2) is 23.5 Å². The smallest absolute Gasteiger partial charge is 0.159 e. The minimum Gasteiger partial charge on any atom is -0.394 e. The molecule has 0 spiro atoms. The number of ketones is 1. The van der Waals surface area contributed by atoms with Gasteiger partial charge in [0.05, 0.1) is 6.61 Å². The van der Waals surface area contributed by atoms with Crippen molar-refractivity contribution >= 4 is 11.5 Å². The second kappa shape index (κ2) is 4.77. The predicted molar refractivity (Wildman–Crippen MR) is 56.6 cm³/mol. The summed E-state index contributed by atoms with van der Waals surface area (Å²) in [5, 5.41) is 11.9. The molecule has 0 radical (unpaired) electrons. The summed E-state index contributed by atoms with van der Waals surface area (Å²) in [6.07, 6.45) is 0. The summed E-state index contributed by atoms with van der Waals surface area (Å²) in [4.78, 5) is 11.0. The van der Waals surface area contributed by atoms with Crippen LogP contribution in [0.25, 0.3) is 0 Å². The fourth-order valence-corrected chi connectivity index (χ4v) is 1.13. The van der Waals surface area contributed by atoms with Gasteiger partial charge in [-0.3, -0.25) is 4.79 Å². The van der Waals surface area contributed by atoms with Crippen LogP contribution in [0, 0.1) is 0 Å². The number of anilines is 1. The Morgan fingerprint density at radius 1 is 1.43 bits per heavy atom. The number of carbonyl (C=O) groups is 1. The van der Waals surface area contributed by atoms with Gasteiger partial charge in [-0.05, 0) is 38.1 Å². The van der Waals surface area contributed by atoms with Gasteiger partial charge in [0.15, 0.2) is 5.78 Å². The number of carbonyl (C=O) groups excluding carboxylic acids is 1. The molecule has 0 saturated carbocycles. The number of nitrogens with one attached hydrogen (secondary N) is 1. The van der Waals surface area contributed by atoms with Crippen molar-refractivity contribution in [3.8, 4) is 0 Å². The number of hydrogen-bond donors (Lipinski definition) is 2. The molecule has 0 heterocycles. The SMILES string of the molecule is CC(=O)c1ccc(NC(C)CO)cc1. The summed E-state index contributed by atoms with van der Waals surface area (Å²) in [6, 6.07) is 7.24. The number of rotatable bonds is 4.